The van der Waals surface area contributed by atoms with E-state index in [1.807, 2.05) is 37.3 Å². The van der Waals surface area contributed by atoms with E-state index in [0.717, 1.165) is 14.7 Å². The highest BCUT2D eigenvalue weighted by Gasteiger charge is 2.14. The number of rotatable bonds is 4. The van der Waals surface area contributed by atoms with Crippen molar-refractivity contribution in [1.29, 1.82) is 0 Å². The summed E-state index contributed by atoms with van der Waals surface area (Å²) >= 11 is 8.25. The third kappa shape index (κ3) is 3.32. The predicted octanol–water partition coefficient (Wildman–Crippen LogP) is 3.11. The van der Waals surface area contributed by atoms with Crippen molar-refractivity contribution in [2.24, 2.45) is 7.05 Å². The van der Waals surface area contributed by atoms with E-state index in [-0.39, 0.29) is 5.69 Å². The number of aryl methyl sites for hydroxylation is 2. The second-order valence-corrected chi connectivity index (χ2v) is 6.83. The minimum Gasteiger partial charge on any atom is -0.488 e. The van der Waals surface area contributed by atoms with Crippen LogP contribution in [0.3, 0.4) is 0 Å². The summed E-state index contributed by atoms with van der Waals surface area (Å²) in [6.45, 7) is 2.24. The molecule has 124 valence electrons. The molecule has 0 aliphatic rings. The molecular formula is C16H14ClIN4O2. The van der Waals surface area contributed by atoms with E-state index in [1.165, 1.54) is 9.36 Å². The van der Waals surface area contributed by atoms with E-state index in [1.54, 1.807) is 13.1 Å². The van der Waals surface area contributed by atoms with Gasteiger partial charge in [0, 0.05) is 21.2 Å². The summed E-state index contributed by atoms with van der Waals surface area (Å²) in [5.74, 6) is 0.708. The van der Waals surface area contributed by atoms with Crippen molar-refractivity contribution < 1.29 is 4.74 Å². The maximum absolute atomic E-state index is 12.1. The number of hydrogen-bond donors (Lipinski definition) is 0. The van der Waals surface area contributed by atoms with Crippen LogP contribution < -0.4 is 10.4 Å². The maximum atomic E-state index is 12.1. The second-order valence-electron chi connectivity index (χ2n) is 5.23. The molecule has 0 aliphatic heterocycles. The molecule has 0 saturated heterocycles. The van der Waals surface area contributed by atoms with Crippen LogP contribution in [-0.4, -0.2) is 19.8 Å². The predicted molar refractivity (Wildman–Crippen MR) is 99.8 cm³/mol. The summed E-state index contributed by atoms with van der Waals surface area (Å²) < 4.78 is 9.36. The first-order chi connectivity index (χ1) is 11.5. The summed E-state index contributed by atoms with van der Waals surface area (Å²) in [6, 6.07) is 11.1. The number of tetrazole rings is 1. The smallest absolute Gasteiger partial charge is 0.368 e. The number of ether oxygens (including phenoxy) is 1. The van der Waals surface area contributed by atoms with Gasteiger partial charge < -0.3 is 4.74 Å². The zero-order valence-corrected chi connectivity index (χ0v) is 15.9. The summed E-state index contributed by atoms with van der Waals surface area (Å²) in [6.07, 6.45) is 0. The Morgan fingerprint density at radius 1 is 1.25 bits per heavy atom. The van der Waals surface area contributed by atoms with Crippen LogP contribution in [0.2, 0.25) is 5.02 Å². The molecule has 24 heavy (non-hydrogen) atoms. The van der Waals surface area contributed by atoms with Gasteiger partial charge in [0.05, 0.1) is 5.69 Å². The van der Waals surface area contributed by atoms with Gasteiger partial charge in [-0.1, -0.05) is 23.7 Å². The Morgan fingerprint density at radius 3 is 2.75 bits per heavy atom. The topological polar surface area (TPSA) is 61.9 Å². The first-order valence-corrected chi connectivity index (χ1v) is 8.59. The number of halogens is 2. The Hall–Kier alpha value is -1.87. The average molecular weight is 457 g/mol. The van der Waals surface area contributed by atoms with Crippen LogP contribution in [0.4, 0.5) is 0 Å². The van der Waals surface area contributed by atoms with Gasteiger partial charge in [0.2, 0.25) is 0 Å². The fraction of sp³-hybridized carbons (Fsp3) is 0.188. The number of hydrogen-bond acceptors (Lipinski definition) is 4. The lowest BCUT2D eigenvalue weighted by Crippen LogP contribution is -2.23. The molecule has 0 bridgehead atoms. The van der Waals surface area contributed by atoms with Crippen LogP contribution in [0.15, 0.2) is 41.2 Å². The Kier molecular flexibility index (Phi) is 4.91. The van der Waals surface area contributed by atoms with E-state index in [2.05, 4.69) is 33.0 Å². The van der Waals surface area contributed by atoms with Crippen LogP contribution in [0, 0.1) is 10.5 Å². The number of benzene rings is 2. The lowest BCUT2D eigenvalue weighted by atomic mass is 10.2. The van der Waals surface area contributed by atoms with Crippen LogP contribution in [0.5, 0.6) is 5.75 Å². The molecule has 0 amide bonds. The zero-order valence-electron chi connectivity index (χ0n) is 13.0. The second kappa shape index (κ2) is 6.94. The van der Waals surface area contributed by atoms with Gasteiger partial charge >= 0.3 is 5.69 Å². The zero-order chi connectivity index (χ0) is 17.3. The highest BCUT2D eigenvalue weighted by molar-refractivity contribution is 14.1. The van der Waals surface area contributed by atoms with Gasteiger partial charge in [-0.05, 0) is 69.8 Å². The van der Waals surface area contributed by atoms with Crippen molar-refractivity contribution >= 4 is 34.2 Å². The van der Waals surface area contributed by atoms with E-state index in [9.17, 15) is 4.79 Å². The molecule has 8 heteroatoms. The molecule has 3 rings (SSSR count). The molecule has 0 unspecified atom stereocenters. The molecule has 3 aromatic rings. The largest absolute Gasteiger partial charge is 0.488 e. The molecule has 0 fully saturated rings. The summed E-state index contributed by atoms with van der Waals surface area (Å²) in [4.78, 5) is 12.1. The van der Waals surface area contributed by atoms with Gasteiger partial charge in [-0.15, -0.1) is 0 Å². The first kappa shape index (κ1) is 17.0. The Labute approximate surface area is 157 Å². The Balaban J connectivity index is 1.98. The first-order valence-electron chi connectivity index (χ1n) is 7.13. The van der Waals surface area contributed by atoms with Gasteiger partial charge in [-0.3, -0.25) is 0 Å². The molecule has 0 radical (unpaired) electrons. The highest BCUT2D eigenvalue weighted by atomic mass is 127. The third-order valence-corrected chi connectivity index (χ3v) is 4.81. The van der Waals surface area contributed by atoms with Gasteiger partial charge in [-0.25, -0.2) is 4.79 Å². The van der Waals surface area contributed by atoms with Crippen molar-refractivity contribution in [1.82, 2.24) is 19.8 Å². The lowest BCUT2D eigenvalue weighted by Gasteiger charge is -2.13. The normalized spacial score (nSPS) is 10.8. The van der Waals surface area contributed by atoms with Crippen molar-refractivity contribution in [2.45, 2.75) is 13.5 Å². The summed E-state index contributed by atoms with van der Waals surface area (Å²) in [7, 11) is 1.56. The fourth-order valence-corrected chi connectivity index (χ4v) is 3.03. The SMILES string of the molecule is Cc1ccc(Cl)cc1OCc1c(I)cccc1-n1nnn(C)c1=O. The molecule has 1 aromatic heterocycles. The van der Waals surface area contributed by atoms with Crippen molar-refractivity contribution in [3.8, 4) is 11.4 Å². The summed E-state index contributed by atoms with van der Waals surface area (Å²) in [5.41, 5.74) is 2.19. The molecule has 0 saturated carbocycles. The molecular weight excluding hydrogens is 443 g/mol. The molecule has 0 aliphatic carbocycles. The average Bonchev–Trinajstić information content (AvgIpc) is 2.88. The quantitative estimate of drug-likeness (QED) is 0.566. The van der Waals surface area contributed by atoms with Crippen LogP contribution in [0.1, 0.15) is 11.1 Å². The van der Waals surface area contributed by atoms with Crippen LogP contribution in [-0.2, 0) is 13.7 Å². The number of nitrogens with zero attached hydrogens (tertiary/aromatic N) is 4. The monoisotopic (exact) mass is 456 g/mol. The van der Waals surface area contributed by atoms with E-state index in [0.29, 0.717) is 23.1 Å². The Morgan fingerprint density at radius 2 is 2.04 bits per heavy atom. The van der Waals surface area contributed by atoms with Crippen molar-refractivity contribution in [3.05, 3.63) is 66.6 Å². The van der Waals surface area contributed by atoms with E-state index >= 15 is 0 Å². The molecule has 0 spiro atoms. The molecule has 2 aromatic carbocycles. The van der Waals surface area contributed by atoms with Gasteiger partial charge in [0.1, 0.15) is 12.4 Å². The highest BCUT2D eigenvalue weighted by Crippen LogP contribution is 2.26. The molecule has 0 N–H and O–H groups in total. The maximum Gasteiger partial charge on any atom is 0.368 e. The minimum absolute atomic E-state index is 0.290. The van der Waals surface area contributed by atoms with E-state index in [4.69, 9.17) is 16.3 Å². The van der Waals surface area contributed by atoms with Crippen molar-refractivity contribution in [3.63, 3.8) is 0 Å². The van der Waals surface area contributed by atoms with Crippen LogP contribution >= 0.6 is 34.2 Å². The minimum atomic E-state index is -0.308. The van der Waals surface area contributed by atoms with Gasteiger partial charge in [0.25, 0.3) is 0 Å². The standard InChI is InChI=1S/C16H14ClIN4O2/c1-10-6-7-11(17)8-15(10)24-9-12-13(18)4-3-5-14(12)22-16(23)21(2)19-20-22/h3-8H,9H2,1-2H3. The molecule has 6 nitrogen and oxygen atoms in total. The third-order valence-electron chi connectivity index (χ3n) is 3.57. The van der Waals surface area contributed by atoms with Crippen LogP contribution in [0.25, 0.3) is 5.69 Å². The van der Waals surface area contributed by atoms with Gasteiger partial charge in [0.15, 0.2) is 0 Å². The number of aromatic nitrogens is 4. The lowest BCUT2D eigenvalue weighted by molar-refractivity contribution is 0.302. The van der Waals surface area contributed by atoms with E-state index < -0.39 is 0 Å². The molecule has 0 atom stereocenters. The Bertz CT molecular complexity index is 951. The molecule has 1 heterocycles. The van der Waals surface area contributed by atoms with Gasteiger partial charge in [-0.2, -0.15) is 9.36 Å². The summed E-state index contributed by atoms with van der Waals surface area (Å²) in [5, 5.41) is 8.29. The fourth-order valence-electron chi connectivity index (χ4n) is 2.23. The van der Waals surface area contributed by atoms with Crippen molar-refractivity contribution in [2.75, 3.05) is 0 Å².